The maximum atomic E-state index is 11.7. The van der Waals surface area contributed by atoms with Gasteiger partial charge in [-0.2, -0.15) is 0 Å². The quantitative estimate of drug-likeness (QED) is 0.838. The molecular weight excluding hydrogens is 228 g/mol. The molecule has 2 rings (SSSR count). The molecule has 0 aliphatic heterocycles. The van der Waals surface area contributed by atoms with Gasteiger partial charge >= 0.3 is 0 Å². The van der Waals surface area contributed by atoms with Crippen molar-refractivity contribution in [2.24, 2.45) is 0 Å². The van der Waals surface area contributed by atoms with Crippen LogP contribution in [0.3, 0.4) is 0 Å². The average Bonchev–Trinajstić information content (AvgIpc) is 3.09. The first-order chi connectivity index (χ1) is 8.60. The SMILES string of the molecule is COc1c(C)cc(NC(=O)CNC2CC2)cc1C. The van der Waals surface area contributed by atoms with Crippen LogP contribution in [0.2, 0.25) is 0 Å². The molecule has 18 heavy (non-hydrogen) atoms. The molecule has 0 atom stereocenters. The Morgan fingerprint density at radius 3 is 2.44 bits per heavy atom. The Hall–Kier alpha value is -1.55. The Balaban J connectivity index is 1.97. The summed E-state index contributed by atoms with van der Waals surface area (Å²) in [5.41, 5.74) is 2.89. The van der Waals surface area contributed by atoms with Crippen LogP contribution in [0.4, 0.5) is 5.69 Å². The predicted molar refractivity (Wildman–Crippen MR) is 72.1 cm³/mol. The zero-order chi connectivity index (χ0) is 13.1. The second kappa shape index (κ2) is 5.40. The number of carbonyl (C=O) groups is 1. The fourth-order valence-electron chi connectivity index (χ4n) is 2.07. The normalized spacial score (nSPS) is 14.4. The maximum Gasteiger partial charge on any atom is 0.238 e. The highest BCUT2D eigenvalue weighted by atomic mass is 16.5. The van der Waals surface area contributed by atoms with Crippen LogP contribution in [-0.2, 0) is 4.79 Å². The second-order valence-corrected chi connectivity index (χ2v) is 4.85. The highest BCUT2D eigenvalue weighted by Gasteiger charge is 2.21. The maximum absolute atomic E-state index is 11.7. The van der Waals surface area contributed by atoms with Crippen molar-refractivity contribution < 1.29 is 9.53 Å². The topological polar surface area (TPSA) is 50.4 Å². The number of hydrogen-bond acceptors (Lipinski definition) is 3. The van der Waals surface area contributed by atoms with Crippen molar-refractivity contribution in [3.8, 4) is 5.75 Å². The fourth-order valence-corrected chi connectivity index (χ4v) is 2.07. The van der Waals surface area contributed by atoms with Gasteiger partial charge in [0.25, 0.3) is 0 Å². The van der Waals surface area contributed by atoms with Crippen LogP contribution in [0, 0.1) is 13.8 Å². The summed E-state index contributed by atoms with van der Waals surface area (Å²) in [7, 11) is 1.66. The Morgan fingerprint density at radius 2 is 1.94 bits per heavy atom. The minimum Gasteiger partial charge on any atom is -0.496 e. The van der Waals surface area contributed by atoms with Crippen LogP contribution in [-0.4, -0.2) is 25.6 Å². The number of benzene rings is 1. The van der Waals surface area contributed by atoms with Gasteiger partial charge in [0.1, 0.15) is 5.75 Å². The molecule has 0 aromatic heterocycles. The van der Waals surface area contributed by atoms with E-state index < -0.39 is 0 Å². The molecule has 1 amide bonds. The summed E-state index contributed by atoms with van der Waals surface area (Å²) in [5, 5.41) is 6.09. The van der Waals surface area contributed by atoms with E-state index in [1.165, 1.54) is 12.8 Å². The molecule has 1 aliphatic carbocycles. The minimum atomic E-state index is 0.00543. The summed E-state index contributed by atoms with van der Waals surface area (Å²) < 4.78 is 5.30. The molecule has 0 spiro atoms. The molecule has 98 valence electrons. The number of carbonyl (C=O) groups excluding carboxylic acids is 1. The van der Waals surface area contributed by atoms with Crippen LogP contribution in [0.15, 0.2) is 12.1 Å². The molecule has 0 radical (unpaired) electrons. The Morgan fingerprint density at radius 1 is 1.33 bits per heavy atom. The average molecular weight is 248 g/mol. The van der Waals surface area contributed by atoms with Crippen molar-refractivity contribution in [2.45, 2.75) is 32.7 Å². The van der Waals surface area contributed by atoms with Crippen molar-refractivity contribution in [1.82, 2.24) is 5.32 Å². The summed E-state index contributed by atoms with van der Waals surface area (Å²) in [6.07, 6.45) is 2.38. The largest absolute Gasteiger partial charge is 0.496 e. The first kappa shape index (κ1) is 12.9. The molecule has 1 fully saturated rings. The number of hydrogen-bond donors (Lipinski definition) is 2. The number of ether oxygens (including phenoxy) is 1. The molecule has 0 unspecified atom stereocenters. The van der Waals surface area contributed by atoms with Gasteiger partial charge in [-0.25, -0.2) is 0 Å². The first-order valence-electron chi connectivity index (χ1n) is 6.28. The van der Waals surface area contributed by atoms with Gasteiger partial charge in [-0.1, -0.05) is 0 Å². The summed E-state index contributed by atoms with van der Waals surface area (Å²) in [6.45, 7) is 4.34. The van der Waals surface area contributed by atoms with Crippen molar-refractivity contribution in [3.05, 3.63) is 23.3 Å². The van der Waals surface area contributed by atoms with Gasteiger partial charge in [0.2, 0.25) is 5.91 Å². The minimum absolute atomic E-state index is 0.00543. The molecule has 1 aliphatic rings. The van der Waals surface area contributed by atoms with E-state index in [1.54, 1.807) is 7.11 Å². The van der Waals surface area contributed by atoms with Gasteiger partial charge in [-0.15, -0.1) is 0 Å². The predicted octanol–water partition coefficient (Wildman–Crippen LogP) is 2.00. The third kappa shape index (κ3) is 3.23. The van der Waals surface area contributed by atoms with Crippen molar-refractivity contribution in [1.29, 1.82) is 0 Å². The number of methoxy groups -OCH3 is 1. The van der Waals surface area contributed by atoms with Gasteiger partial charge in [0, 0.05) is 11.7 Å². The lowest BCUT2D eigenvalue weighted by Gasteiger charge is -2.12. The summed E-state index contributed by atoms with van der Waals surface area (Å²) >= 11 is 0. The van der Waals surface area contributed by atoms with Crippen LogP contribution in [0.25, 0.3) is 0 Å². The number of aryl methyl sites for hydroxylation is 2. The Labute approximate surface area is 108 Å². The van der Waals surface area contributed by atoms with Crippen LogP contribution in [0.5, 0.6) is 5.75 Å². The molecule has 4 heteroatoms. The Kier molecular flexibility index (Phi) is 3.87. The molecule has 0 saturated heterocycles. The van der Waals surface area contributed by atoms with Crippen LogP contribution >= 0.6 is 0 Å². The van der Waals surface area contributed by atoms with Gasteiger partial charge in [-0.05, 0) is 49.9 Å². The third-order valence-corrected chi connectivity index (χ3v) is 3.08. The van der Waals surface area contributed by atoms with Crippen molar-refractivity contribution >= 4 is 11.6 Å². The lowest BCUT2D eigenvalue weighted by Crippen LogP contribution is -2.29. The number of rotatable bonds is 5. The highest BCUT2D eigenvalue weighted by molar-refractivity contribution is 5.92. The summed E-state index contributed by atoms with van der Waals surface area (Å²) in [4.78, 5) is 11.7. The molecule has 0 bridgehead atoms. The van der Waals surface area contributed by atoms with Gasteiger partial charge in [-0.3, -0.25) is 4.79 Å². The molecule has 0 heterocycles. The second-order valence-electron chi connectivity index (χ2n) is 4.85. The van der Waals surface area contributed by atoms with E-state index in [-0.39, 0.29) is 5.91 Å². The van der Waals surface area contributed by atoms with Crippen molar-refractivity contribution in [2.75, 3.05) is 19.0 Å². The van der Waals surface area contributed by atoms with E-state index in [2.05, 4.69) is 10.6 Å². The van der Waals surface area contributed by atoms with E-state index in [9.17, 15) is 4.79 Å². The first-order valence-corrected chi connectivity index (χ1v) is 6.28. The lowest BCUT2D eigenvalue weighted by atomic mass is 10.1. The fraction of sp³-hybridized carbons (Fsp3) is 0.500. The highest BCUT2D eigenvalue weighted by Crippen LogP contribution is 2.26. The number of anilines is 1. The Bertz CT molecular complexity index is 430. The smallest absolute Gasteiger partial charge is 0.238 e. The summed E-state index contributed by atoms with van der Waals surface area (Å²) in [6, 6.07) is 4.41. The zero-order valence-corrected chi connectivity index (χ0v) is 11.2. The molecular formula is C14H20N2O2. The zero-order valence-electron chi connectivity index (χ0n) is 11.2. The monoisotopic (exact) mass is 248 g/mol. The van der Waals surface area contributed by atoms with Crippen LogP contribution < -0.4 is 15.4 Å². The van der Waals surface area contributed by atoms with Crippen molar-refractivity contribution in [3.63, 3.8) is 0 Å². The van der Waals surface area contributed by atoms with E-state index in [1.807, 2.05) is 26.0 Å². The van der Waals surface area contributed by atoms with Gasteiger partial charge < -0.3 is 15.4 Å². The van der Waals surface area contributed by atoms with E-state index in [0.29, 0.717) is 12.6 Å². The third-order valence-electron chi connectivity index (χ3n) is 3.08. The van der Waals surface area contributed by atoms with Gasteiger partial charge in [0.15, 0.2) is 0 Å². The molecule has 4 nitrogen and oxygen atoms in total. The summed E-state index contributed by atoms with van der Waals surface area (Å²) in [5.74, 6) is 0.884. The molecule has 2 N–H and O–H groups in total. The number of nitrogens with one attached hydrogen (secondary N) is 2. The molecule has 1 saturated carbocycles. The molecule has 1 aromatic rings. The van der Waals surface area contributed by atoms with Crippen LogP contribution in [0.1, 0.15) is 24.0 Å². The van der Waals surface area contributed by atoms with E-state index in [0.717, 1.165) is 22.6 Å². The van der Waals surface area contributed by atoms with E-state index >= 15 is 0 Å². The number of amides is 1. The van der Waals surface area contributed by atoms with E-state index in [4.69, 9.17) is 4.74 Å². The lowest BCUT2D eigenvalue weighted by molar-refractivity contribution is -0.115. The standard InChI is InChI=1S/C14H20N2O2/c1-9-6-12(7-10(2)14(9)18-3)16-13(17)8-15-11-4-5-11/h6-7,11,15H,4-5,8H2,1-3H3,(H,16,17). The van der Waals surface area contributed by atoms with Gasteiger partial charge in [0.05, 0.1) is 13.7 Å². The molecule has 1 aromatic carbocycles.